The molecule has 0 atom stereocenters. The molecule has 6 nitrogen and oxygen atoms in total. The van der Waals surface area contributed by atoms with Crippen molar-refractivity contribution >= 4 is 23.2 Å². The van der Waals surface area contributed by atoms with Gasteiger partial charge in [0.2, 0.25) is 5.91 Å². The van der Waals surface area contributed by atoms with Gasteiger partial charge in [-0.1, -0.05) is 12.1 Å². The molecule has 0 spiro atoms. The normalized spacial score (nSPS) is 10.4. The molecule has 2 amide bonds. The first kappa shape index (κ1) is 19.2. The maximum Gasteiger partial charge on any atom is 0.251 e. The fourth-order valence-electron chi connectivity index (χ4n) is 2.71. The van der Waals surface area contributed by atoms with Crippen molar-refractivity contribution in [3.8, 4) is 0 Å². The summed E-state index contributed by atoms with van der Waals surface area (Å²) in [6, 6.07) is 16.3. The predicted molar refractivity (Wildman–Crippen MR) is 109 cm³/mol. The minimum Gasteiger partial charge on any atom is -0.467 e. The third kappa shape index (κ3) is 5.01. The van der Waals surface area contributed by atoms with E-state index in [2.05, 4.69) is 16.0 Å². The number of benzene rings is 2. The number of anilines is 2. The van der Waals surface area contributed by atoms with Crippen LogP contribution in [0.4, 0.5) is 11.4 Å². The quantitative estimate of drug-likeness (QED) is 0.583. The number of hydrogen-bond acceptors (Lipinski definition) is 4. The van der Waals surface area contributed by atoms with E-state index in [1.807, 2.05) is 32.0 Å². The second-order valence-corrected chi connectivity index (χ2v) is 6.49. The van der Waals surface area contributed by atoms with Crippen LogP contribution < -0.4 is 16.0 Å². The third-order valence-electron chi connectivity index (χ3n) is 4.48. The van der Waals surface area contributed by atoms with Crippen LogP contribution in [0.5, 0.6) is 0 Å². The minimum absolute atomic E-state index is 0.157. The molecule has 0 aliphatic rings. The summed E-state index contributed by atoms with van der Waals surface area (Å²) in [6.07, 6.45) is 1.56. The van der Waals surface area contributed by atoms with Gasteiger partial charge in [-0.25, -0.2) is 0 Å². The van der Waals surface area contributed by atoms with Crippen LogP contribution in [0.15, 0.2) is 65.3 Å². The van der Waals surface area contributed by atoms with Crippen LogP contribution in [-0.4, -0.2) is 18.4 Å². The van der Waals surface area contributed by atoms with Crippen molar-refractivity contribution in [1.29, 1.82) is 0 Å². The van der Waals surface area contributed by atoms with E-state index in [9.17, 15) is 9.59 Å². The molecule has 3 aromatic rings. The number of amides is 2. The second-order valence-electron chi connectivity index (χ2n) is 6.49. The summed E-state index contributed by atoms with van der Waals surface area (Å²) < 4.78 is 5.18. The molecule has 0 bridgehead atoms. The molecule has 0 radical (unpaired) electrons. The fourth-order valence-corrected chi connectivity index (χ4v) is 2.71. The van der Waals surface area contributed by atoms with Crippen molar-refractivity contribution in [2.24, 2.45) is 0 Å². The molecular weight excluding hydrogens is 354 g/mol. The van der Waals surface area contributed by atoms with Crippen LogP contribution in [-0.2, 0) is 11.3 Å². The first-order valence-electron chi connectivity index (χ1n) is 9.03. The van der Waals surface area contributed by atoms with E-state index in [0.29, 0.717) is 23.6 Å². The summed E-state index contributed by atoms with van der Waals surface area (Å²) in [4.78, 5) is 24.3. The number of rotatable bonds is 7. The molecule has 0 saturated carbocycles. The van der Waals surface area contributed by atoms with Crippen LogP contribution in [0, 0.1) is 13.8 Å². The highest BCUT2D eigenvalue weighted by Gasteiger charge is 2.08. The molecule has 0 aliphatic heterocycles. The van der Waals surface area contributed by atoms with Gasteiger partial charge in [0.15, 0.2) is 0 Å². The average Bonchev–Trinajstić information content (AvgIpc) is 3.21. The second kappa shape index (κ2) is 8.90. The number of hydrogen-bond donors (Lipinski definition) is 3. The standard InChI is InChI=1S/C22H23N3O3/c1-15-5-3-7-20(16(15)2)23-14-21(26)25-18-10-8-17(9-11-18)22(27)24-13-19-6-4-12-28-19/h3-12,23H,13-14H2,1-2H3,(H,24,27)(H,25,26). The maximum absolute atomic E-state index is 12.2. The molecule has 0 saturated heterocycles. The van der Waals surface area contributed by atoms with Gasteiger partial charge in [-0.15, -0.1) is 0 Å². The van der Waals surface area contributed by atoms with Crippen molar-refractivity contribution < 1.29 is 14.0 Å². The van der Waals surface area contributed by atoms with Crippen molar-refractivity contribution in [3.63, 3.8) is 0 Å². The van der Waals surface area contributed by atoms with Gasteiger partial charge in [0.05, 0.1) is 19.4 Å². The molecule has 2 aromatic carbocycles. The van der Waals surface area contributed by atoms with Crippen LogP contribution in [0.1, 0.15) is 27.2 Å². The van der Waals surface area contributed by atoms with Gasteiger partial charge in [0.1, 0.15) is 5.76 Å². The highest BCUT2D eigenvalue weighted by molar-refractivity contribution is 5.96. The van der Waals surface area contributed by atoms with Gasteiger partial charge >= 0.3 is 0 Å². The van der Waals surface area contributed by atoms with Crippen LogP contribution >= 0.6 is 0 Å². The SMILES string of the molecule is Cc1cccc(NCC(=O)Nc2ccc(C(=O)NCc3ccco3)cc2)c1C. The maximum atomic E-state index is 12.2. The Morgan fingerprint density at radius 1 is 0.964 bits per heavy atom. The molecule has 1 heterocycles. The Morgan fingerprint density at radius 2 is 1.75 bits per heavy atom. The van der Waals surface area contributed by atoms with Gasteiger partial charge in [-0.3, -0.25) is 9.59 Å². The van der Waals surface area contributed by atoms with E-state index in [1.54, 1.807) is 42.7 Å². The first-order chi connectivity index (χ1) is 13.5. The van der Waals surface area contributed by atoms with Gasteiger partial charge in [0, 0.05) is 16.9 Å². The molecule has 28 heavy (non-hydrogen) atoms. The lowest BCUT2D eigenvalue weighted by Crippen LogP contribution is -2.23. The largest absolute Gasteiger partial charge is 0.467 e. The Kier molecular flexibility index (Phi) is 6.11. The van der Waals surface area contributed by atoms with Gasteiger partial charge in [-0.05, 0) is 67.4 Å². The lowest BCUT2D eigenvalue weighted by molar-refractivity contribution is -0.114. The molecular formula is C22H23N3O3. The first-order valence-corrected chi connectivity index (χ1v) is 9.03. The Morgan fingerprint density at radius 3 is 2.46 bits per heavy atom. The number of furan rings is 1. The highest BCUT2D eigenvalue weighted by atomic mass is 16.3. The summed E-state index contributed by atoms with van der Waals surface area (Å²) in [5.41, 5.74) is 4.39. The molecule has 0 fully saturated rings. The zero-order valence-corrected chi connectivity index (χ0v) is 15.9. The lowest BCUT2D eigenvalue weighted by Gasteiger charge is -2.12. The fraction of sp³-hybridized carbons (Fsp3) is 0.182. The van der Waals surface area contributed by atoms with Crippen LogP contribution in [0.3, 0.4) is 0 Å². The van der Waals surface area contributed by atoms with E-state index in [4.69, 9.17) is 4.42 Å². The number of carbonyl (C=O) groups is 2. The Bertz CT molecular complexity index is 948. The summed E-state index contributed by atoms with van der Waals surface area (Å²) in [6.45, 7) is 4.54. The summed E-state index contributed by atoms with van der Waals surface area (Å²) >= 11 is 0. The predicted octanol–water partition coefficient (Wildman–Crippen LogP) is 3.88. The van der Waals surface area contributed by atoms with Crippen molar-refractivity contribution in [1.82, 2.24) is 5.32 Å². The lowest BCUT2D eigenvalue weighted by atomic mass is 10.1. The molecule has 144 valence electrons. The van der Waals surface area contributed by atoms with Crippen LogP contribution in [0.2, 0.25) is 0 Å². The van der Waals surface area contributed by atoms with E-state index >= 15 is 0 Å². The Hall–Kier alpha value is -3.54. The van der Waals surface area contributed by atoms with Crippen LogP contribution in [0.25, 0.3) is 0 Å². The van der Waals surface area contributed by atoms with E-state index in [-0.39, 0.29) is 18.4 Å². The van der Waals surface area contributed by atoms with E-state index < -0.39 is 0 Å². The zero-order valence-electron chi connectivity index (χ0n) is 15.9. The summed E-state index contributed by atoms with van der Waals surface area (Å²) in [5.74, 6) is 0.329. The number of nitrogens with one attached hydrogen (secondary N) is 3. The van der Waals surface area contributed by atoms with Crippen molar-refractivity contribution in [3.05, 3.63) is 83.3 Å². The summed E-state index contributed by atoms with van der Waals surface area (Å²) in [7, 11) is 0. The smallest absolute Gasteiger partial charge is 0.251 e. The average molecular weight is 377 g/mol. The Balaban J connectivity index is 1.49. The molecule has 3 rings (SSSR count). The van der Waals surface area contributed by atoms with Crippen molar-refractivity contribution in [2.45, 2.75) is 20.4 Å². The number of aryl methyl sites for hydroxylation is 1. The van der Waals surface area contributed by atoms with Gasteiger partial charge in [0.25, 0.3) is 5.91 Å². The van der Waals surface area contributed by atoms with E-state index in [0.717, 1.165) is 11.3 Å². The number of carbonyl (C=O) groups excluding carboxylic acids is 2. The van der Waals surface area contributed by atoms with Gasteiger partial charge in [-0.2, -0.15) is 0 Å². The molecule has 3 N–H and O–H groups in total. The molecule has 1 aromatic heterocycles. The highest BCUT2D eigenvalue weighted by Crippen LogP contribution is 2.17. The summed E-state index contributed by atoms with van der Waals surface area (Å²) in [5, 5.41) is 8.75. The third-order valence-corrected chi connectivity index (χ3v) is 4.48. The topological polar surface area (TPSA) is 83.4 Å². The van der Waals surface area contributed by atoms with E-state index in [1.165, 1.54) is 5.56 Å². The monoisotopic (exact) mass is 377 g/mol. The molecule has 0 unspecified atom stereocenters. The zero-order chi connectivity index (χ0) is 19.9. The van der Waals surface area contributed by atoms with Crippen molar-refractivity contribution in [2.75, 3.05) is 17.2 Å². The van der Waals surface area contributed by atoms with Gasteiger partial charge < -0.3 is 20.4 Å². The minimum atomic E-state index is -0.203. The molecule has 0 aliphatic carbocycles. The molecule has 6 heteroatoms. The Labute approximate surface area is 164 Å².